The van der Waals surface area contributed by atoms with Gasteiger partial charge in [0.1, 0.15) is 0 Å². The van der Waals surface area contributed by atoms with Crippen LogP contribution in [0.4, 0.5) is 0 Å². The van der Waals surface area contributed by atoms with E-state index in [0.29, 0.717) is 6.42 Å². The van der Waals surface area contributed by atoms with E-state index in [1.165, 1.54) is 19.3 Å². The Labute approximate surface area is 72.6 Å². The van der Waals surface area contributed by atoms with Crippen molar-refractivity contribution < 1.29 is 4.79 Å². The molecule has 0 N–H and O–H groups in total. The van der Waals surface area contributed by atoms with Crippen molar-refractivity contribution in [3.8, 4) is 0 Å². The third-order valence-electron chi connectivity index (χ3n) is 1.65. The molecule has 0 bridgehead atoms. The van der Waals surface area contributed by atoms with Crippen LogP contribution in [0.5, 0.6) is 0 Å². The van der Waals surface area contributed by atoms with Crippen molar-refractivity contribution in [3.63, 3.8) is 0 Å². The van der Waals surface area contributed by atoms with E-state index in [9.17, 15) is 4.79 Å². The van der Waals surface area contributed by atoms with E-state index in [2.05, 4.69) is 16.9 Å². The van der Waals surface area contributed by atoms with Crippen LogP contribution in [-0.4, -0.2) is 5.91 Å². The summed E-state index contributed by atoms with van der Waals surface area (Å²) >= 11 is 0. The molecule has 0 heterocycles. The van der Waals surface area contributed by atoms with Crippen LogP contribution in [0.25, 0.3) is 10.4 Å². The standard InChI is InChI=1S/C8H15N3O/c1-2-3-4-5-6-7-8(12)10-11-9/h2-7H2,1H3. The van der Waals surface area contributed by atoms with Crippen LogP contribution in [0.1, 0.15) is 45.4 Å². The van der Waals surface area contributed by atoms with Crippen molar-refractivity contribution in [2.24, 2.45) is 5.11 Å². The summed E-state index contributed by atoms with van der Waals surface area (Å²) in [5, 5.41) is 2.98. The topological polar surface area (TPSA) is 65.8 Å². The van der Waals surface area contributed by atoms with Gasteiger partial charge in [-0.15, -0.1) is 0 Å². The zero-order chi connectivity index (χ0) is 9.23. The van der Waals surface area contributed by atoms with Gasteiger partial charge in [-0.25, -0.2) is 0 Å². The monoisotopic (exact) mass is 169 g/mol. The molecule has 0 aromatic carbocycles. The summed E-state index contributed by atoms with van der Waals surface area (Å²) in [4.78, 5) is 13.1. The van der Waals surface area contributed by atoms with Gasteiger partial charge < -0.3 is 0 Å². The number of amides is 1. The second kappa shape index (κ2) is 8.08. The Morgan fingerprint density at radius 3 is 2.58 bits per heavy atom. The van der Waals surface area contributed by atoms with Crippen LogP contribution in [0.15, 0.2) is 5.11 Å². The van der Waals surface area contributed by atoms with Crippen LogP contribution >= 0.6 is 0 Å². The molecule has 0 rings (SSSR count). The molecule has 0 unspecified atom stereocenters. The fourth-order valence-corrected chi connectivity index (χ4v) is 0.980. The molecule has 0 aromatic rings. The molecule has 4 heteroatoms. The van der Waals surface area contributed by atoms with E-state index in [-0.39, 0.29) is 5.91 Å². The first-order valence-electron chi connectivity index (χ1n) is 4.39. The maximum absolute atomic E-state index is 10.7. The Morgan fingerprint density at radius 2 is 2.00 bits per heavy atom. The Kier molecular flexibility index (Phi) is 7.39. The minimum absolute atomic E-state index is 0.339. The summed E-state index contributed by atoms with van der Waals surface area (Å²) in [5.74, 6) is -0.339. The fourth-order valence-electron chi connectivity index (χ4n) is 0.980. The molecule has 0 aromatic heterocycles. The van der Waals surface area contributed by atoms with Crippen LogP contribution in [-0.2, 0) is 4.79 Å². The molecule has 0 atom stereocenters. The fraction of sp³-hybridized carbons (Fsp3) is 0.875. The lowest BCUT2D eigenvalue weighted by atomic mass is 10.1. The van der Waals surface area contributed by atoms with Gasteiger partial charge in [0.2, 0.25) is 5.91 Å². The minimum atomic E-state index is -0.339. The highest BCUT2D eigenvalue weighted by molar-refractivity contribution is 5.76. The number of nitrogens with zero attached hydrogens (tertiary/aromatic N) is 3. The number of hydrogen-bond acceptors (Lipinski definition) is 1. The summed E-state index contributed by atoms with van der Waals surface area (Å²) in [7, 11) is 0. The van der Waals surface area contributed by atoms with Gasteiger partial charge in [0.05, 0.1) is 0 Å². The lowest BCUT2D eigenvalue weighted by Gasteiger charge is -1.95. The maximum atomic E-state index is 10.7. The lowest BCUT2D eigenvalue weighted by Crippen LogP contribution is -1.90. The first-order chi connectivity index (χ1) is 5.81. The first kappa shape index (κ1) is 11.0. The highest BCUT2D eigenvalue weighted by atomic mass is 16.1. The average Bonchev–Trinajstić information content (AvgIpc) is 2.05. The van der Waals surface area contributed by atoms with E-state index in [1.807, 2.05) is 0 Å². The predicted molar refractivity (Wildman–Crippen MR) is 47.5 cm³/mol. The summed E-state index contributed by atoms with van der Waals surface area (Å²) in [6.07, 6.45) is 5.88. The lowest BCUT2D eigenvalue weighted by molar-refractivity contribution is -0.118. The van der Waals surface area contributed by atoms with Crippen molar-refractivity contribution in [3.05, 3.63) is 10.4 Å². The Hall–Kier alpha value is -1.02. The normalized spacial score (nSPS) is 9.08. The third-order valence-corrected chi connectivity index (χ3v) is 1.65. The van der Waals surface area contributed by atoms with E-state index < -0.39 is 0 Å². The molecular formula is C8H15N3O. The van der Waals surface area contributed by atoms with Gasteiger partial charge in [-0.05, 0) is 17.1 Å². The number of hydrogen-bond donors (Lipinski definition) is 0. The smallest absolute Gasteiger partial charge is 0.218 e. The summed E-state index contributed by atoms with van der Waals surface area (Å²) < 4.78 is 0. The highest BCUT2D eigenvalue weighted by Crippen LogP contribution is 2.05. The molecular weight excluding hydrogens is 154 g/mol. The second-order valence-corrected chi connectivity index (χ2v) is 2.75. The Morgan fingerprint density at radius 1 is 1.33 bits per heavy atom. The van der Waals surface area contributed by atoms with Gasteiger partial charge in [0.25, 0.3) is 0 Å². The molecule has 68 valence electrons. The predicted octanol–water partition coefficient (Wildman–Crippen LogP) is 3.18. The molecule has 0 saturated heterocycles. The molecule has 0 aliphatic rings. The van der Waals surface area contributed by atoms with Gasteiger partial charge in [0, 0.05) is 11.3 Å². The molecule has 0 radical (unpaired) electrons. The van der Waals surface area contributed by atoms with Crippen LogP contribution in [0, 0.1) is 0 Å². The van der Waals surface area contributed by atoms with Crippen LogP contribution < -0.4 is 0 Å². The summed E-state index contributed by atoms with van der Waals surface area (Å²) in [6, 6.07) is 0. The van der Waals surface area contributed by atoms with E-state index in [0.717, 1.165) is 12.8 Å². The van der Waals surface area contributed by atoms with Crippen LogP contribution in [0.2, 0.25) is 0 Å². The van der Waals surface area contributed by atoms with Crippen molar-refractivity contribution in [2.45, 2.75) is 45.4 Å². The summed E-state index contributed by atoms with van der Waals surface area (Å²) in [6.45, 7) is 2.14. The first-order valence-corrected chi connectivity index (χ1v) is 4.39. The zero-order valence-corrected chi connectivity index (χ0v) is 7.49. The van der Waals surface area contributed by atoms with E-state index >= 15 is 0 Å². The molecule has 0 fully saturated rings. The van der Waals surface area contributed by atoms with E-state index in [4.69, 9.17) is 5.53 Å². The second-order valence-electron chi connectivity index (χ2n) is 2.75. The molecule has 0 spiro atoms. The summed E-state index contributed by atoms with van der Waals surface area (Å²) in [5.41, 5.74) is 7.91. The molecule has 4 nitrogen and oxygen atoms in total. The maximum Gasteiger partial charge on any atom is 0.218 e. The van der Waals surface area contributed by atoms with Gasteiger partial charge in [-0.1, -0.05) is 32.6 Å². The molecule has 1 amide bonds. The SMILES string of the molecule is CCCCCCCC(=O)N=[N+]=[N-]. The van der Waals surface area contributed by atoms with Gasteiger partial charge in [-0.3, -0.25) is 4.79 Å². The largest absolute Gasteiger partial charge is 0.293 e. The third kappa shape index (κ3) is 7.09. The molecule has 0 saturated carbocycles. The Balaban J connectivity index is 3.19. The van der Waals surface area contributed by atoms with Gasteiger partial charge in [0.15, 0.2) is 0 Å². The van der Waals surface area contributed by atoms with Crippen molar-refractivity contribution in [1.82, 2.24) is 0 Å². The van der Waals surface area contributed by atoms with Gasteiger partial charge >= 0.3 is 0 Å². The molecule has 12 heavy (non-hydrogen) atoms. The number of carbonyl (C=O) groups is 1. The number of carbonyl (C=O) groups excluding carboxylic acids is 1. The van der Waals surface area contributed by atoms with Crippen molar-refractivity contribution in [1.29, 1.82) is 0 Å². The molecule has 0 aliphatic heterocycles. The van der Waals surface area contributed by atoms with Crippen molar-refractivity contribution >= 4 is 5.91 Å². The highest BCUT2D eigenvalue weighted by Gasteiger charge is 1.96. The minimum Gasteiger partial charge on any atom is -0.293 e. The van der Waals surface area contributed by atoms with Crippen LogP contribution in [0.3, 0.4) is 0 Å². The Bertz CT molecular complexity index is 173. The number of unbranched alkanes of at least 4 members (excludes halogenated alkanes) is 4. The zero-order valence-electron chi connectivity index (χ0n) is 7.49. The molecule has 0 aliphatic carbocycles. The number of azide groups is 1. The van der Waals surface area contributed by atoms with Gasteiger partial charge in [-0.2, -0.15) is 0 Å². The van der Waals surface area contributed by atoms with E-state index in [1.54, 1.807) is 0 Å². The van der Waals surface area contributed by atoms with Crippen molar-refractivity contribution in [2.75, 3.05) is 0 Å². The average molecular weight is 169 g/mol. The number of rotatable bonds is 6. The quantitative estimate of drug-likeness (QED) is 0.260.